The molecule has 0 saturated heterocycles. The number of benzene rings is 1. The minimum absolute atomic E-state index is 0.105. The highest BCUT2D eigenvalue weighted by molar-refractivity contribution is 5.93. The number of carbonyl (C=O) groups excluding carboxylic acids is 1. The van der Waals surface area contributed by atoms with Gasteiger partial charge in [0.1, 0.15) is 17.1 Å². The van der Waals surface area contributed by atoms with Crippen LogP contribution in [0.5, 0.6) is 5.75 Å². The summed E-state index contributed by atoms with van der Waals surface area (Å²) in [5.41, 5.74) is 3.13. The maximum atomic E-state index is 12.4. The van der Waals surface area contributed by atoms with Gasteiger partial charge in [-0.15, -0.1) is 0 Å². The first-order valence-electron chi connectivity index (χ1n) is 10.6. The lowest BCUT2D eigenvalue weighted by molar-refractivity contribution is -0.117. The normalized spacial score (nSPS) is 12.4. The fraction of sp³-hybridized carbons (Fsp3) is 0.360. The molecule has 1 N–H and O–H groups in total. The maximum absolute atomic E-state index is 12.4. The second-order valence-electron chi connectivity index (χ2n) is 7.55. The summed E-state index contributed by atoms with van der Waals surface area (Å²) in [4.78, 5) is 16.5. The average Bonchev–Trinajstić information content (AvgIpc) is 3.10. The molecule has 1 atom stereocenters. The minimum Gasteiger partial charge on any atom is -0.497 e. The number of amides is 1. The second kappa shape index (κ2) is 10.6. The molecule has 0 fully saturated rings. The van der Waals surface area contributed by atoms with E-state index < -0.39 is 0 Å². The molecule has 0 radical (unpaired) electrons. The van der Waals surface area contributed by atoms with E-state index in [1.165, 1.54) is 5.56 Å². The Balaban J connectivity index is 1.59. The van der Waals surface area contributed by atoms with Crippen molar-refractivity contribution in [1.82, 2.24) is 10.3 Å². The Morgan fingerprint density at radius 3 is 2.90 bits per heavy atom. The molecule has 0 aliphatic carbocycles. The smallest absolute Gasteiger partial charge is 0.244 e. The van der Waals surface area contributed by atoms with Crippen molar-refractivity contribution in [2.24, 2.45) is 0 Å². The Morgan fingerprint density at radius 2 is 2.17 bits per heavy atom. The van der Waals surface area contributed by atoms with Crippen molar-refractivity contribution in [3.8, 4) is 5.75 Å². The standard InChI is InChI=1S/C25H30N2O3/c1-4-7-21-22-12-11-20(29-3)16-24(22)30-23(21)13-14-25(28)27-18(2)8-5-9-19-10-6-15-26-17-19/h6,10-18H,4-5,7-9H2,1-3H3,(H,27,28)/b14-13+. The van der Waals surface area contributed by atoms with Gasteiger partial charge in [-0.05, 0) is 62.4 Å². The van der Waals surface area contributed by atoms with Gasteiger partial charge in [-0.1, -0.05) is 19.4 Å². The van der Waals surface area contributed by atoms with Gasteiger partial charge in [-0.3, -0.25) is 9.78 Å². The van der Waals surface area contributed by atoms with E-state index in [0.717, 1.165) is 60.1 Å². The molecule has 158 valence electrons. The van der Waals surface area contributed by atoms with Crippen LogP contribution in [-0.2, 0) is 17.6 Å². The van der Waals surface area contributed by atoms with Gasteiger partial charge in [0.15, 0.2) is 0 Å². The van der Waals surface area contributed by atoms with Crippen LogP contribution in [-0.4, -0.2) is 24.0 Å². The van der Waals surface area contributed by atoms with Gasteiger partial charge in [0, 0.05) is 41.5 Å². The summed E-state index contributed by atoms with van der Waals surface area (Å²) >= 11 is 0. The molecule has 1 aromatic carbocycles. The summed E-state index contributed by atoms with van der Waals surface area (Å²) in [6, 6.07) is 9.97. The number of methoxy groups -OCH3 is 1. The number of fused-ring (bicyclic) bond motifs is 1. The van der Waals surface area contributed by atoms with Gasteiger partial charge in [-0.25, -0.2) is 0 Å². The fourth-order valence-electron chi connectivity index (χ4n) is 3.59. The molecular weight excluding hydrogens is 376 g/mol. The van der Waals surface area contributed by atoms with Crippen LogP contribution in [0.3, 0.4) is 0 Å². The lowest BCUT2D eigenvalue weighted by atomic mass is 10.1. The van der Waals surface area contributed by atoms with E-state index in [9.17, 15) is 4.79 Å². The summed E-state index contributed by atoms with van der Waals surface area (Å²) < 4.78 is 11.3. The van der Waals surface area contributed by atoms with Gasteiger partial charge in [-0.2, -0.15) is 0 Å². The average molecular weight is 407 g/mol. The van der Waals surface area contributed by atoms with Gasteiger partial charge < -0.3 is 14.5 Å². The molecule has 2 heterocycles. The number of nitrogens with one attached hydrogen (secondary N) is 1. The van der Waals surface area contributed by atoms with Crippen molar-refractivity contribution >= 4 is 23.0 Å². The summed E-state index contributed by atoms with van der Waals surface area (Å²) in [6.07, 6.45) is 11.8. The van der Waals surface area contributed by atoms with E-state index in [1.807, 2.05) is 37.4 Å². The maximum Gasteiger partial charge on any atom is 0.244 e. The Morgan fingerprint density at radius 1 is 1.30 bits per heavy atom. The first-order chi connectivity index (χ1) is 14.6. The van der Waals surface area contributed by atoms with Gasteiger partial charge in [0.25, 0.3) is 0 Å². The molecule has 0 spiro atoms. The Kier molecular flexibility index (Phi) is 7.66. The molecule has 0 aliphatic heterocycles. The largest absolute Gasteiger partial charge is 0.497 e. The van der Waals surface area contributed by atoms with Crippen molar-refractivity contribution in [1.29, 1.82) is 0 Å². The van der Waals surface area contributed by atoms with Gasteiger partial charge in [0.05, 0.1) is 7.11 Å². The van der Waals surface area contributed by atoms with E-state index in [4.69, 9.17) is 9.15 Å². The van der Waals surface area contributed by atoms with Crippen LogP contribution in [0.4, 0.5) is 0 Å². The molecular formula is C25H30N2O3. The summed E-state index contributed by atoms with van der Waals surface area (Å²) in [5.74, 6) is 1.39. The SMILES string of the molecule is CCCc1c(/C=C/C(=O)NC(C)CCCc2cccnc2)oc2cc(OC)ccc12. The summed E-state index contributed by atoms with van der Waals surface area (Å²) in [7, 11) is 1.64. The molecule has 0 saturated carbocycles. The highest BCUT2D eigenvalue weighted by Crippen LogP contribution is 2.31. The number of nitrogens with zero attached hydrogens (tertiary/aromatic N) is 1. The van der Waals surface area contributed by atoms with E-state index in [-0.39, 0.29) is 11.9 Å². The van der Waals surface area contributed by atoms with Crippen LogP contribution in [0.25, 0.3) is 17.0 Å². The van der Waals surface area contributed by atoms with Crippen molar-refractivity contribution < 1.29 is 13.9 Å². The number of furan rings is 1. The zero-order chi connectivity index (χ0) is 21.3. The van der Waals surface area contributed by atoms with E-state index in [1.54, 1.807) is 25.5 Å². The highest BCUT2D eigenvalue weighted by Gasteiger charge is 2.13. The third-order valence-electron chi connectivity index (χ3n) is 5.13. The molecule has 3 aromatic rings. The number of rotatable bonds is 10. The second-order valence-corrected chi connectivity index (χ2v) is 7.55. The Hall–Kier alpha value is -3.08. The minimum atomic E-state index is -0.107. The van der Waals surface area contributed by atoms with Crippen LogP contribution in [0.15, 0.2) is 53.2 Å². The first-order valence-corrected chi connectivity index (χ1v) is 10.6. The van der Waals surface area contributed by atoms with Crippen molar-refractivity contribution in [2.75, 3.05) is 7.11 Å². The molecule has 30 heavy (non-hydrogen) atoms. The number of aryl methyl sites for hydroxylation is 2. The van der Waals surface area contributed by atoms with E-state index >= 15 is 0 Å². The lowest BCUT2D eigenvalue weighted by Gasteiger charge is -2.12. The molecule has 3 rings (SSSR count). The van der Waals surface area contributed by atoms with Crippen molar-refractivity contribution in [3.63, 3.8) is 0 Å². The molecule has 2 aromatic heterocycles. The number of hydrogen-bond donors (Lipinski definition) is 1. The monoisotopic (exact) mass is 406 g/mol. The third-order valence-corrected chi connectivity index (χ3v) is 5.13. The van der Waals surface area contributed by atoms with Gasteiger partial charge in [0.2, 0.25) is 5.91 Å². The number of aromatic nitrogens is 1. The molecule has 0 aliphatic rings. The lowest BCUT2D eigenvalue weighted by Crippen LogP contribution is -2.31. The number of hydrogen-bond acceptors (Lipinski definition) is 4. The van der Waals surface area contributed by atoms with E-state index in [0.29, 0.717) is 0 Å². The predicted octanol–water partition coefficient (Wildman–Crippen LogP) is 5.33. The number of ether oxygens (including phenoxy) is 1. The van der Waals surface area contributed by atoms with Crippen LogP contribution >= 0.6 is 0 Å². The van der Waals surface area contributed by atoms with E-state index in [2.05, 4.69) is 23.3 Å². The fourth-order valence-corrected chi connectivity index (χ4v) is 3.59. The molecule has 5 heteroatoms. The summed E-state index contributed by atoms with van der Waals surface area (Å²) in [5, 5.41) is 4.11. The Bertz CT molecular complexity index is 992. The first kappa shape index (κ1) is 21.6. The van der Waals surface area contributed by atoms with Crippen molar-refractivity contribution in [3.05, 3.63) is 65.7 Å². The zero-order valence-corrected chi connectivity index (χ0v) is 18.0. The Labute approximate surface area is 178 Å². The van der Waals surface area contributed by atoms with Crippen LogP contribution < -0.4 is 10.1 Å². The third kappa shape index (κ3) is 5.72. The summed E-state index contributed by atoms with van der Waals surface area (Å²) in [6.45, 7) is 4.17. The quantitative estimate of drug-likeness (QED) is 0.462. The highest BCUT2D eigenvalue weighted by atomic mass is 16.5. The van der Waals surface area contributed by atoms with Crippen LogP contribution in [0.2, 0.25) is 0 Å². The van der Waals surface area contributed by atoms with Gasteiger partial charge >= 0.3 is 0 Å². The molecule has 1 amide bonds. The predicted molar refractivity (Wildman–Crippen MR) is 121 cm³/mol. The molecule has 1 unspecified atom stereocenters. The van der Waals surface area contributed by atoms with Crippen molar-refractivity contribution in [2.45, 2.75) is 52.0 Å². The topological polar surface area (TPSA) is 64.4 Å². The number of carbonyl (C=O) groups is 1. The molecule has 0 bridgehead atoms. The molecule has 5 nitrogen and oxygen atoms in total. The number of pyridine rings is 1. The zero-order valence-electron chi connectivity index (χ0n) is 18.0. The van der Waals surface area contributed by atoms with Crippen LogP contribution in [0, 0.1) is 0 Å². The van der Waals surface area contributed by atoms with Crippen LogP contribution in [0.1, 0.15) is 50.0 Å².